The second-order valence-corrected chi connectivity index (χ2v) is 8.04. The molecule has 3 amide bonds. The lowest BCUT2D eigenvalue weighted by Gasteiger charge is -2.25. The van der Waals surface area contributed by atoms with Crippen LogP contribution in [-0.4, -0.2) is 66.6 Å². The van der Waals surface area contributed by atoms with Crippen LogP contribution in [-0.2, 0) is 19.2 Å². The molecule has 0 heterocycles. The Morgan fingerprint density at radius 2 is 1.35 bits per heavy atom. The molecule has 0 aliphatic heterocycles. The van der Waals surface area contributed by atoms with Gasteiger partial charge in [0.05, 0.1) is 6.04 Å². The van der Waals surface area contributed by atoms with Crippen LogP contribution in [0, 0.1) is 5.92 Å². The molecule has 10 N–H and O–H groups in total. The van der Waals surface area contributed by atoms with Gasteiger partial charge in [-0.05, 0) is 57.5 Å². The van der Waals surface area contributed by atoms with Crippen LogP contribution in [0.25, 0.3) is 0 Å². The van der Waals surface area contributed by atoms with Crippen molar-refractivity contribution in [3.8, 4) is 0 Å². The molecule has 0 aromatic rings. The molecule has 180 valence electrons. The third-order valence-corrected chi connectivity index (χ3v) is 4.64. The van der Waals surface area contributed by atoms with Gasteiger partial charge in [0.1, 0.15) is 18.6 Å². The van der Waals surface area contributed by atoms with E-state index in [1.165, 1.54) is 0 Å². The molecule has 11 nitrogen and oxygen atoms in total. The summed E-state index contributed by atoms with van der Waals surface area (Å²) in [5, 5.41) is 16.4. The monoisotopic (exact) mass is 444 g/mol. The molecule has 0 bridgehead atoms. The summed E-state index contributed by atoms with van der Waals surface area (Å²) in [6.07, 6.45) is 3.86. The van der Waals surface area contributed by atoms with E-state index in [2.05, 4.69) is 16.0 Å². The lowest BCUT2D eigenvalue weighted by Crippen LogP contribution is -2.56. The first kappa shape index (κ1) is 28.8. The van der Waals surface area contributed by atoms with Crippen LogP contribution in [0.15, 0.2) is 0 Å². The van der Waals surface area contributed by atoms with Gasteiger partial charge in [-0.1, -0.05) is 20.3 Å². The number of aliphatic carboxylic acids is 1. The van der Waals surface area contributed by atoms with E-state index in [1.54, 1.807) is 0 Å². The Hall–Kier alpha value is -2.24. The minimum atomic E-state index is -1.18. The smallest absolute Gasteiger partial charge is 0.322 e. The Bertz CT molecular complexity index is 572. The van der Waals surface area contributed by atoms with Gasteiger partial charge in [0.2, 0.25) is 17.7 Å². The van der Waals surface area contributed by atoms with Crippen molar-refractivity contribution in [2.45, 2.75) is 76.9 Å². The number of carboxylic acids is 1. The van der Waals surface area contributed by atoms with E-state index in [0.717, 1.165) is 6.42 Å². The summed E-state index contributed by atoms with van der Waals surface area (Å²) in [5.74, 6) is -2.66. The summed E-state index contributed by atoms with van der Waals surface area (Å²) in [6, 6.07) is -2.55. The molecule has 0 spiro atoms. The minimum absolute atomic E-state index is 0.0714. The molecule has 0 radical (unpaired) electrons. The maximum atomic E-state index is 12.9. The summed E-state index contributed by atoms with van der Waals surface area (Å²) >= 11 is 0. The second-order valence-electron chi connectivity index (χ2n) is 8.04. The Morgan fingerprint density at radius 1 is 0.806 bits per heavy atom. The van der Waals surface area contributed by atoms with E-state index >= 15 is 0 Å². The maximum absolute atomic E-state index is 12.9. The SMILES string of the molecule is CC(C)CC(NC(=O)C(CCCCN)NC(=O)C(N)CCCCN)C(=O)NCC(=O)O. The molecule has 3 unspecified atom stereocenters. The van der Waals surface area contributed by atoms with Crippen molar-refractivity contribution in [1.82, 2.24) is 16.0 Å². The highest BCUT2D eigenvalue weighted by Crippen LogP contribution is 2.08. The van der Waals surface area contributed by atoms with Crippen LogP contribution in [0.1, 0.15) is 58.8 Å². The molecule has 0 aliphatic rings. The van der Waals surface area contributed by atoms with Gasteiger partial charge in [-0.15, -0.1) is 0 Å². The molecule has 3 atom stereocenters. The third-order valence-electron chi connectivity index (χ3n) is 4.64. The molecule has 31 heavy (non-hydrogen) atoms. The number of nitrogens with one attached hydrogen (secondary N) is 3. The van der Waals surface area contributed by atoms with Crippen LogP contribution in [0.3, 0.4) is 0 Å². The van der Waals surface area contributed by atoms with Crippen molar-refractivity contribution in [2.75, 3.05) is 19.6 Å². The van der Waals surface area contributed by atoms with Crippen molar-refractivity contribution in [1.29, 1.82) is 0 Å². The third kappa shape index (κ3) is 13.6. The molecule has 0 saturated heterocycles. The number of unbranched alkanes of at least 4 members (excludes halogenated alkanes) is 2. The number of carboxylic acid groups (broad SMARTS) is 1. The predicted molar refractivity (Wildman–Crippen MR) is 118 cm³/mol. The predicted octanol–water partition coefficient (Wildman–Crippen LogP) is -1.21. The molecular formula is C20H40N6O5. The Morgan fingerprint density at radius 3 is 1.87 bits per heavy atom. The van der Waals surface area contributed by atoms with Crippen LogP contribution >= 0.6 is 0 Å². The molecule has 0 saturated carbocycles. The van der Waals surface area contributed by atoms with Crippen molar-refractivity contribution in [2.24, 2.45) is 23.1 Å². The van der Waals surface area contributed by atoms with Gasteiger partial charge in [0.25, 0.3) is 0 Å². The van der Waals surface area contributed by atoms with E-state index in [4.69, 9.17) is 22.3 Å². The van der Waals surface area contributed by atoms with Gasteiger partial charge in [-0.2, -0.15) is 0 Å². The van der Waals surface area contributed by atoms with Crippen molar-refractivity contribution < 1.29 is 24.3 Å². The van der Waals surface area contributed by atoms with Crippen LogP contribution < -0.4 is 33.2 Å². The summed E-state index contributed by atoms with van der Waals surface area (Å²) < 4.78 is 0. The molecule has 11 heteroatoms. The molecule has 0 rings (SSSR count). The molecule has 0 aliphatic carbocycles. The highest BCUT2D eigenvalue weighted by atomic mass is 16.4. The highest BCUT2D eigenvalue weighted by Gasteiger charge is 2.28. The maximum Gasteiger partial charge on any atom is 0.322 e. The largest absolute Gasteiger partial charge is 0.480 e. The van der Waals surface area contributed by atoms with E-state index < -0.39 is 48.4 Å². The van der Waals surface area contributed by atoms with Gasteiger partial charge >= 0.3 is 5.97 Å². The van der Waals surface area contributed by atoms with Crippen LogP contribution in [0.2, 0.25) is 0 Å². The topological polar surface area (TPSA) is 203 Å². The van der Waals surface area contributed by atoms with Crippen molar-refractivity contribution >= 4 is 23.7 Å². The number of hydrogen-bond acceptors (Lipinski definition) is 7. The fraction of sp³-hybridized carbons (Fsp3) is 0.800. The number of hydrogen-bond donors (Lipinski definition) is 7. The summed E-state index contributed by atoms with van der Waals surface area (Å²) in [5.41, 5.74) is 16.9. The van der Waals surface area contributed by atoms with Gasteiger partial charge in [0.15, 0.2) is 0 Å². The average Bonchev–Trinajstić information content (AvgIpc) is 2.70. The Kier molecular flexibility index (Phi) is 15.3. The number of rotatable bonds is 17. The van der Waals surface area contributed by atoms with E-state index in [-0.39, 0.29) is 5.92 Å². The van der Waals surface area contributed by atoms with Gasteiger partial charge < -0.3 is 38.3 Å². The quantitative estimate of drug-likeness (QED) is 0.135. The Labute approximate surface area is 184 Å². The van der Waals surface area contributed by atoms with E-state index in [9.17, 15) is 19.2 Å². The second kappa shape index (κ2) is 16.5. The zero-order valence-electron chi connectivity index (χ0n) is 18.7. The van der Waals surface area contributed by atoms with Crippen LogP contribution in [0.5, 0.6) is 0 Å². The summed E-state index contributed by atoms with van der Waals surface area (Å²) in [4.78, 5) is 48.4. The molecule has 0 aromatic heterocycles. The van der Waals surface area contributed by atoms with Gasteiger partial charge in [-0.3, -0.25) is 19.2 Å². The number of carbonyl (C=O) groups excluding carboxylic acids is 3. The first-order chi connectivity index (χ1) is 14.6. The van der Waals surface area contributed by atoms with Gasteiger partial charge in [-0.25, -0.2) is 0 Å². The first-order valence-electron chi connectivity index (χ1n) is 10.9. The standard InChI is InChI=1S/C20H40N6O5/c1-13(2)11-16(19(30)24-12-17(27)28)26-20(31)15(8-4-6-10-22)25-18(29)14(23)7-3-5-9-21/h13-16H,3-12,21-23H2,1-2H3,(H,24,30)(H,25,29)(H,26,31)(H,27,28). The fourth-order valence-electron chi connectivity index (χ4n) is 2.94. The van der Waals surface area contributed by atoms with Gasteiger partial charge in [0, 0.05) is 0 Å². The zero-order valence-corrected chi connectivity index (χ0v) is 18.7. The average molecular weight is 445 g/mol. The number of carbonyl (C=O) groups is 4. The summed E-state index contributed by atoms with van der Waals surface area (Å²) in [7, 11) is 0. The number of nitrogens with two attached hydrogens (primary N) is 3. The summed E-state index contributed by atoms with van der Waals surface area (Å²) in [6.45, 7) is 4.18. The van der Waals surface area contributed by atoms with Crippen molar-refractivity contribution in [3.05, 3.63) is 0 Å². The molecule has 0 fully saturated rings. The Balaban J connectivity index is 5.16. The van der Waals surface area contributed by atoms with Crippen molar-refractivity contribution in [3.63, 3.8) is 0 Å². The normalized spacial score (nSPS) is 13.9. The molecule has 0 aromatic carbocycles. The highest BCUT2D eigenvalue weighted by molar-refractivity contribution is 5.93. The first-order valence-corrected chi connectivity index (χ1v) is 10.9. The molecular weight excluding hydrogens is 404 g/mol. The lowest BCUT2D eigenvalue weighted by atomic mass is 10.0. The van der Waals surface area contributed by atoms with E-state index in [0.29, 0.717) is 51.6 Å². The number of amides is 3. The minimum Gasteiger partial charge on any atom is -0.480 e. The van der Waals surface area contributed by atoms with E-state index in [1.807, 2.05) is 13.8 Å². The fourth-order valence-corrected chi connectivity index (χ4v) is 2.94. The zero-order chi connectivity index (χ0) is 23.8. The lowest BCUT2D eigenvalue weighted by molar-refractivity contribution is -0.138. The van der Waals surface area contributed by atoms with Crippen LogP contribution in [0.4, 0.5) is 0 Å².